The third-order valence-electron chi connectivity index (χ3n) is 7.08. The second-order valence-electron chi connectivity index (χ2n) is 8.85. The first kappa shape index (κ1) is 22.6. The number of rotatable bonds is 7. The van der Waals surface area contributed by atoms with Crippen LogP contribution >= 0.6 is 0 Å². The van der Waals surface area contributed by atoms with E-state index >= 15 is 0 Å². The predicted octanol–water partition coefficient (Wildman–Crippen LogP) is 3.88. The van der Waals surface area contributed by atoms with Crippen molar-refractivity contribution < 1.29 is 23.8 Å². The minimum atomic E-state index is -0.725. The summed E-state index contributed by atoms with van der Waals surface area (Å²) in [6, 6.07) is 4.91. The third-order valence-corrected chi connectivity index (χ3v) is 7.08. The van der Waals surface area contributed by atoms with Gasteiger partial charge in [-0.3, -0.25) is 10.1 Å². The molecule has 1 saturated carbocycles. The average molecular weight is 443 g/mol. The van der Waals surface area contributed by atoms with Crippen molar-refractivity contribution in [1.29, 1.82) is 0 Å². The fourth-order valence-corrected chi connectivity index (χ4v) is 5.44. The molecule has 32 heavy (non-hydrogen) atoms. The molecule has 1 fully saturated rings. The van der Waals surface area contributed by atoms with E-state index in [0.29, 0.717) is 11.5 Å². The lowest BCUT2D eigenvalue weighted by Gasteiger charge is -2.38. The first-order valence-corrected chi connectivity index (χ1v) is 11.7. The Morgan fingerprint density at radius 1 is 1.00 bits per heavy atom. The number of ether oxygens (including phenoxy) is 3. The van der Waals surface area contributed by atoms with Gasteiger partial charge in [0.1, 0.15) is 12.2 Å². The number of esters is 1. The number of hydrogen-bond acceptors (Lipinski definition) is 6. The Balaban J connectivity index is 1.69. The van der Waals surface area contributed by atoms with E-state index in [-0.39, 0.29) is 18.1 Å². The van der Waals surface area contributed by atoms with Crippen LogP contribution in [0.5, 0.6) is 11.5 Å². The van der Waals surface area contributed by atoms with E-state index in [1.807, 2.05) is 11.0 Å². The van der Waals surface area contributed by atoms with E-state index < -0.39 is 12.0 Å². The average Bonchev–Trinajstić information content (AvgIpc) is 3.13. The minimum Gasteiger partial charge on any atom is -0.493 e. The van der Waals surface area contributed by atoms with E-state index in [4.69, 9.17) is 14.2 Å². The number of nitrogens with one attached hydrogen (secondary N) is 1. The zero-order valence-electron chi connectivity index (χ0n) is 19.3. The molecule has 2 aliphatic carbocycles. The third kappa shape index (κ3) is 4.22. The lowest BCUT2D eigenvalue weighted by Crippen LogP contribution is -2.53. The van der Waals surface area contributed by atoms with Crippen LogP contribution in [-0.2, 0) is 14.3 Å². The highest BCUT2D eigenvalue weighted by atomic mass is 16.5. The molecule has 3 aliphatic rings. The van der Waals surface area contributed by atoms with Gasteiger partial charge in [0.25, 0.3) is 5.91 Å². The molecule has 0 unspecified atom stereocenters. The normalized spacial score (nSPS) is 22.5. The van der Waals surface area contributed by atoms with Crippen LogP contribution in [0.1, 0.15) is 69.4 Å². The van der Waals surface area contributed by atoms with Crippen molar-refractivity contribution in [3.63, 3.8) is 0 Å². The standard InChI is InChI=1S/C25H34N2O5/c1-30-20-14-13-16(15-21(20)31-2)22(25(29)32-3)26-23-18-11-7-8-12-19(18)24(28)27(23)17-9-5-4-6-10-17/h13-15,17,22-23,26H,4-12H2,1-3H3/t22-,23+/m1/s1. The fraction of sp³-hybridized carbons (Fsp3) is 0.600. The Hall–Kier alpha value is -2.54. The van der Waals surface area contributed by atoms with Crippen LogP contribution in [0, 0.1) is 0 Å². The number of carbonyl (C=O) groups is 2. The quantitative estimate of drug-likeness (QED) is 0.646. The number of methoxy groups -OCH3 is 3. The molecule has 0 aromatic heterocycles. The first-order chi connectivity index (χ1) is 15.6. The highest BCUT2D eigenvalue weighted by Gasteiger charge is 2.44. The topological polar surface area (TPSA) is 77.1 Å². The van der Waals surface area contributed by atoms with E-state index in [1.165, 1.54) is 13.5 Å². The molecular formula is C25H34N2O5. The molecule has 0 bridgehead atoms. The predicted molar refractivity (Wildman–Crippen MR) is 120 cm³/mol. The van der Waals surface area contributed by atoms with Crippen LogP contribution in [0.15, 0.2) is 29.3 Å². The molecule has 1 aromatic rings. The minimum absolute atomic E-state index is 0.153. The molecule has 0 saturated heterocycles. The summed E-state index contributed by atoms with van der Waals surface area (Å²) in [5.41, 5.74) is 2.83. The summed E-state index contributed by atoms with van der Waals surface area (Å²) in [6.07, 6.45) is 9.10. The number of hydrogen-bond donors (Lipinski definition) is 1. The smallest absolute Gasteiger partial charge is 0.327 e. The molecule has 2 atom stereocenters. The van der Waals surface area contributed by atoms with Gasteiger partial charge in [0.15, 0.2) is 11.5 Å². The summed E-state index contributed by atoms with van der Waals surface area (Å²) >= 11 is 0. The van der Waals surface area contributed by atoms with E-state index in [2.05, 4.69) is 5.32 Å². The maximum Gasteiger partial charge on any atom is 0.327 e. The summed E-state index contributed by atoms with van der Waals surface area (Å²) in [7, 11) is 4.54. The van der Waals surface area contributed by atoms with Gasteiger partial charge in [0, 0.05) is 11.6 Å². The molecule has 0 radical (unpaired) electrons. The van der Waals surface area contributed by atoms with E-state index in [0.717, 1.165) is 68.1 Å². The van der Waals surface area contributed by atoms with Crippen molar-refractivity contribution in [2.45, 2.75) is 76.0 Å². The zero-order chi connectivity index (χ0) is 22.7. The Morgan fingerprint density at radius 2 is 1.72 bits per heavy atom. The Labute approximate surface area is 190 Å². The van der Waals surface area contributed by atoms with Gasteiger partial charge in [0.05, 0.1) is 21.3 Å². The molecule has 7 nitrogen and oxygen atoms in total. The van der Waals surface area contributed by atoms with E-state index in [1.54, 1.807) is 26.4 Å². The van der Waals surface area contributed by atoms with Crippen LogP contribution in [0.4, 0.5) is 0 Å². The first-order valence-electron chi connectivity index (χ1n) is 11.7. The molecule has 1 amide bonds. The van der Waals surface area contributed by atoms with Crippen LogP contribution < -0.4 is 14.8 Å². The second kappa shape index (κ2) is 9.94. The molecule has 4 rings (SSSR count). The molecular weight excluding hydrogens is 408 g/mol. The van der Waals surface area contributed by atoms with E-state index in [9.17, 15) is 9.59 Å². The summed E-state index contributed by atoms with van der Waals surface area (Å²) in [5.74, 6) is 0.903. The Bertz CT molecular complexity index is 890. The van der Waals surface area contributed by atoms with Crippen molar-refractivity contribution in [3.8, 4) is 11.5 Å². The van der Waals surface area contributed by atoms with Crippen molar-refractivity contribution in [2.75, 3.05) is 21.3 Å². The highest BCUT2D eigenvalue weighted by molar-refractivity contribution is 5.98. The summed E-state index contributed by atoms with van der Waals surface area (Å²) in [5, 5.41) is 3.53. The summed E-state index contributed by atoms with van der Waals surface area (Å²) in [6.45, 7) is 0. The van der Waals surface area contributed by atoms with Gasteiger partial charge in [-0.2, -0.15) is 0 Å². The largest absolute Gasteiger partial charge is 0.493 e. The molecule has 1 aromatic carbocycles. The van der Waals surface area contributed by atoms with Crippen molar-refractivity contribution in [3.05, 3.63) is 34.9 Å². The lowest BCUT2D eigenvalue weighted by atomic mass is 9.91. The molecule has 1 N–H and O–H groups in total. The van der Waals surface area contributed by atoms with Gasteiger partial charge in [-0.05, 0) is 61.8 Å². The Kier molecular flexibility index (Phi) is 7.04. The van der Waals surface area contributed by atoms with Crippen LogP contribution in [0.25, 0.3) is 0 Å². The van der Waals surface area contributed by atoms with Crippen LogP contribution in [0.2, 0.25) is 0 Å². The van der Waals surface area contributed by atoms with Crippen molar-refractivity contribution in [2.24, 2.45) is 0 Å². The number of nitrogens with zero attached hydrogens (tertiary/aromatic N) is 1. The second-order valence-corrected chi connectivity index (χ2v) is 8.85. The number of carbonyl (C=O) groups excluding carboxylic acids is 2. The molecule has 0 spiro atoms. The molecule has 7 heteroatoms. The van der Waals surface area contributed by atoms with Crippen LogP contribution in [0.3, 0.4) is 0 Å². The van der Waals surface area contributed by atoms with Gasteiger partial charge in [-0.15, -0.1) is 0 Å². The summed E-state index contributed by atoms with van der Waals surface area (Å²) in [4.78, 5) is 28.4. The van der Waals surface area contributed by atoms with Gasteiger partial charge in [0.2, 0.25) is 0 Å². The van der Waals surface area contributed by atoms with Gasteiger partial charge >= 0.3 is 5.97 Å². The van der Waals surface area contributed by atoms with Gasteiger partial charge in [-0.1, -0.05) is 25.3 Å². The maximum atomic E-state index is 13.5. The lowest BCUT2D eigenvalue weighted by molar-refractivity contribution is -0.145. The van der Waals surface area contributed by atoms with Gasteiger partial charge < -0.3 is 19.1 Å². The van der Waals surface area contributed by atoms with Crippen molar-refractivity contribution >= 4 is 11.9 Å². The Morgan fingerprint density at radius 3 is 2.41 bits per heavy atom. The van der Waals surface area contributed by atoms with Crippen molar-refractivity contribution in [1.82, 2.24) is 10.2 Å². The maximum absolute atomic E-state index is 13.5. The monoisotopic (exact) mass is 442 g/mol. The number of amides is 1. The molecule has 1 aliphatic heterocycles. The molecule has 174 valence electrons. The van der Waals surface area contributed by atoms with Gasteiger partial charge in [-0.25, -0.2) is 4.79 Å². The summed E-state index contributed by atoms with van der Waals surface area (Å²) < 4.78 is 16.0. The zero-order valence-corrected chi connectivity index (χ0v) is 19.3. The SMILES string of the molecule is COC(=O)[C@H](N[C@@H]1C2=C(CCCC2)C(=O)N1C1CCCCC1)c1ccc(OC)c(OC)c1. The van der Waals surface area contributed by atoms with Crippen LogP contribution in [-0.4, -0.2) is 50.3 Å². The fourth-order valence-electron chi connectivity index (χ4n) is 5.44. The molecule has 1 heterocycles. The highest BCUT2D eigenvalue weighted by Crippen LogP contribution is 2.40. The number of benzene rings is 1.